The molecule has 7 nitrogen and oxygen atoms in total. The number of nitrogens with zero attached hydrogens (tertiary/aromatic N) is 3. The van der Waals surface area contributed by atoms with Gasteiger partial charge in [-0.2, -0.15) is 10.8 Å². The molecule has 1 aromatic rings. The SMILES string of the molecule is N[N+]12C=CN=CC1=C(C1CCC(COC(=O)NCc3ccccc3)CC1)N=C2I. The minimum absolute atomic E-state index is 0.129. The van der Waals surface area contributed by atoms with Crippen LogP contribution in [0.25, 0.3) is 0 Å². The van der Waals surface area contributed by atoms with E-state index < -0.39 is 0 Å². The van der Waals surface area contributed by atoms with Crippen molar-refractivity contribution in [3.63, 3.8) is 0 Å². The maximum atomic E-state index is 12.0. The first-order valence-corrected chi connectivity index (χ1v) is 11.0. The number of carbonyl (C=O) groups is 1. The number of alkyl carbamates (subject to hydrolysis) is 1. The van der Waals surface area contributed by atoms with Crippen molar-refractivity contribution in [3.8, 4) is 0 Å². The van der Waals surface area contributed by atoms with Gasteiger partial charge in [-0.25, -0.2) is 4.79 Å². The molecule has 152 valence electrons. The summed E-state index contributed by atoms with van der Waals surface area (Å²) in [7, 11) is 0. The summed E-state index contributed by atoms with van der Waals surface area (Å²) >= 11 is 2.21. The zero-order valence-electron chi connectivity index (χ0n) is 16.1. The predicted octanol–water partition coefficient (Wildman–Crippen LogP) is 3.98. The highest BCUT2D eigenvalue weighted by Gasteiger charge is 2.44. The van der Waals surface area contributed by atoms with E-state index in [2.05, 4.69) is 32.9 Å². The lowest BCUT2D eigenvalue weighted by molar-refractivity contribution is -0.745. The third-order valence-electron chi connectivity index (χ3n) is 5.73. The lowest BCUT2D eigenvalue weighted by atomic mass is 9.80. The van der Waals surface area contributed by atoms with Gasteiger partial charge in [-0.1, -0.05) is 30.3 Å². The van der Waals surface area contributed by atoms with Crippen molar-refractivity contribution in [3.05, 3.63) is 59.7 Å². The molecular weight excluding hydrogens is 481 g/mol. The Hall–Kier alpha value is -2.04. The molecule has 2 heterocycles. The van der Waals surface area contributed by atoms with Crippen LogP contribution in [-0.4, -0.2) is 27.3 Å². The largest absolute Gasteiger partial charge is 0.449 e. The Kier molecular flexibility index (Phi) is 6.12. The number of nitrogens with two attached hydrogens (primary N) is 1. The number of benzene rings is 1. The molecule has 3 N–H and O–H groups in total. The standard InChI is InChI=1S/C21H24IN5O2/c22-20-26-19(18-13-24-10-11-27(18,20)23)17-8-6-16(7-9-17)14-29-21(28)25-12-15-4-2-1-3-5-15/h1-5,10-11,13,16-17H,6-9,12,14,23H2/p+1. The van der Waals surface area contributed by atoms with Crippen LogP contribution >= 0.6 is 22.6 Å². The van der Waals surface area contributed by atoms with Crippen molar-refractivity contribution in [2.45, 2.75) is 32.2 Å². The number of halogens is 1. The van der Waals surface area contributed by atoms with Crippen LogP contribution in [0.1, 0.15) is 31.2 Å². The molecule has 2 aliphatic heterocycles. The number of hydrogen-bond acceptors (Lipinski definition) is 5. The van der Waals surface area contributed by atoms with Gasteiger partial charge in [0.2, 0.25) is 5.70 Å². The number of ether oxygens (including phenoxy) is 1. The Bertz CT molecular complexity index is 888. The van der Waals surface area contributed by atoms with Crippen LogP contribution in [0.3, 0.4) is 0 Å². The van der Waals surface area contributed by atoms with E-state index >= 15 is 0 Å². The van der Waals surface area contributed by atoms with Crippen molar-refractivity contribution in [1.82, 2.24) is 5.32 Å². The molecule has 0 spiro atoms. The van der Waals surface area contributed by atoms with Gasteiger partial charge in [-0.3, -0.25) is 4.99 Å². The molecule has 29 heavy (non-hydrogen) atoms. The minimum atomic E-state index is -0.355. The Morgan fingerprint density at radius 2 is 2.00 bits per heavy atom. The number of amidine groups is 1. The van der Waals surface area contributed by atoms with E-state index in [9.17, 15) is 4.79 Å². The Balaban J connectivity index is 1.25. The first kappa shape index (κ1) is 20.2. The third-order valence-corrected chi connectivity index (χ3v) is 6.77. The Morgan fingerprint density at radius 3 is 2.76 bits per heavy atom. The second-order valence-corrected chi connectivity index (χ2v) is 8.63. The number of carbonyl (C=O) groups excluding carboxylic acids is 1. The molecule has 1 unspecified atom stereocenters. The molecule has 0 aromatic heterocycles. The van der Waals surface area contributed by atoms with Gasteiger partial charge < -0.3 is 10.1 Å². The van der Waals surface area contributed by atoms with Crippen LogP contribution in [0.15, 0.2) is 64.1 Å². The molecule has 1 aromatic carbocycles. The van der Waals surface area contributed by atoms with E-state index in [0.717, 1.165) is 46.5 Å². The molecule has 0 bridgehead atoms. The summed E-state index contributed by atoms with van der Waals surface area (Å²) in [6.45, 7) is 0.941. The molecule has 1 amide bonds. The molecule has 1 aliphatic carbocycles. The molecule has 1 fully saturated rings. The zero-order valence-corrected chi connectivity index (χ0v) is 18.3. The summed E-state index contributed by atoms with van der Waals surface area (Å²) in [5.74, 6) is 7.25. The maximum Gasteiger partial charge on any atom is 0.407 e. The number of fused-ring (bicyclic) bond motifs is 1. The number of hydrogen-bond donors (Lipinski definition) is 2. The summed E-state index contributed by atoms with van der Waals surface area (Å²) in [6.07, 6.45) is 9.11. The van der Waals surface area contributed by atoms with E-state index in [1.807, 2.05) is 42.7 Å². The summed E-state index contributed by atoms with van der Waals surface area (Å²) in [5.41, 5.74) is 3.09. The van der Waals surface area contributed by atoms with Crippen LogP contribution in [0.4, 0.5) is 4.79 Å². The lowest BCUT2D eigenvalue weighted by Crippen LogP contribution is -2.50. The number of amides is 1. The van der Waals surface area contributed by atoms with Gasteiger partial charge in [0.05, 0.1) is 41.6 Å². The zero-order chi connectivity index (χ0) is 20.3. The van der Waals surface area contributed by atoms with E-state index in [1.54, 1.807) is 6.20 Å². The summed E-state index contributed by atoms with van der Waals surface area (Å²) in [5, 5.41) is 2.81. The predicted molar refractivity (Wildman–Crippen MR) is 121 cm³/mol. The molecular formula is C21H25IN5O2+. The van der Waals surface area contributed by atoms with Crippen LogP contribution in [0.5, 0.6) is 0 Å². The van der Waals surface area contributed by atoms with E-state index in [-0.39, 0.29) is 10.7 Å². The molecule has 3 aliphatic rings. The fourth-order valence-corrected chi connectivity index (χ4v) is 4.69. The normalized spacial score (nSPS) is 28.1. The summed E-state index contributed by atoms with van der Waals surface area (Å²) < 4.78 is 6.41. The van der Waals surface area contributed by atoms with Crippen LogP contribution in [0.2, 0.25) is 0 Å². The van der Waals surface area contributed by atoms with E-state index in [0.29, 0.717) is 25.0 Å². The van der Waals surface area contributed by atoms with Crippen molar-refractivity contribution in [2.24, 2.45) is 27.7 Å². The first-order valence-electron chi connectivity index (χ1n) is 9.88. The molecule has 1 atom stereocenters. The molecule has 1 saturated carbocycles. The van der Waals surface area contributed by atoms with Crippen molar-refractivity contribution < 1.29 is 14.1 Å². The fraction of sp³-hybridized carbons (Fsp3) is 0.381. The number of allylic oxidation sites excluding steroid dienone is 2. The highest BCUT2D eigenvalue weighted by atomic mass is 127. The van der Waals surface area contributed by atoms with Gasteiger partial charge in [-0.05, 0) is 37.2 Å². The number of nitrogens with one attached hydrogen (secondary N) is 1. The third kappa shape index (κ3) is 4.44. The minimum Gasteiger partial charge on any atom is -0.449 e. The summed E-state index contributed by atoms with van der Waals surface area (Å²) in [4.78, 5) is 21.0. The highest BCUT2D eigenvalue weighted by Crippen LogP contribution is 2.40. The van der Waals surface area contributed by atoms with Gasteiger partial charge in [0.1, 0.15) is 11.9 Å². The van der Waals surface area contributed by atoms with Gasteiger partial charge in [0.15, 0.2) is 0 Å². The molecule has 8 heteroatoms. The maximum absolute atomic E-state index is 12.0. The molecule has 4 rings (SSSR count). The monoisotopic (exact) mass is 506 g/mol. The van der Waals surface area contributed by atoms with Crippen molar-refractivity contribution in [1.29, 1.82) is 0 Å². The van der Waals surface area contributed by atoms with E-state index in [1.165, 1.54) is 0 Å². The van der Waals surface area contributed by atoms with Crippen LogP contribution in [0, 0.1) is 11.8 Å². The van der Waals surface area contributed by atoms with E-state index in [4.69, 9.17) is 15.6 Å². The second-order valence-electron chi connectivity index (χ2n) is 7.66. The quantitative estimate of drug-likeness (QED) is 0.274. The summed E-state index contributed by atoms with van der Waals surface area (Å²) in [6, 6.07) is 9.82. The molecule has 0 radical (unpaired) electrons. The van der Waals surface area contributed by atoms with Crippen LogP contribution in [-0.2, 0) is 11.3 Å². The fourth-order valence-electron chi connectivity index (χ4n) is 4.01. The second kappa shape index (κ2) is 8.76. The molecule has 0 saturated heterocycles. The number of rotatable bonds is 5. The number of quaternary nitrogens is 1. The number of aliphatic imine (C=N–C) groups is 2. The smallest absolute Gasteiger partial charge is 0.407 e. The highest BCUT2D eigenvalue weighted by molar-refractivity contribution is 14.1. The van der Waals surface area contributed by atoms with Gasteiger partial charge in [0, 0.05) is 12.5 Å². The topological polar surface area (TPSA) is 89.1 Å². The average molecular weight is 506 g/mol. The van der Waals surface area contributed by atoms with Crippen molar-refractivity contribution in [2.75, 3.05) is 6.61 Å². The van der Waals surface area contributed by atoms with Gasteiger partial charge in [-0.15, -0.1) is 4.59 Å². The van der Waals surface area contributed by atoms with Gasteiger partial charge in [0.25, 0.3) is 3.84 Å². The van der Waals surface area contributed by atoms with Gasteiger partial charge >= 0.3 is 6.09 Å². The lowest BCUT2D eigenvalue weighted by Gasteiger charge is -2.28. The Morgan fingerprint density at radius 1 is 1.24 bits per heavy atom. The Labute approximate surface area is 184 Å². The van der Waals surface area contributed by atoms with Crippen molar-refractivity contribution >= 4 is 38.7 Å². The first-order chi connectivity index (χ1) is 14.1. The van der Waals surface area contributed by atoms with Crippen LogP contribution < -0.4 is 11.2 Å². The average Bonchev–Trinajstić information content (AvgIpc) is 3.03.